The lowest BCUT2D eigenvalue weighted by Gasteiger charge is -2.08. The van der Waals surface area contributed by atoms with E-state index in [2.05, 4.69) is 6.92 Å². The number of carbonyl (C=O) groups is 1. The molecule has 0 saturated heterocycles. The van der Waals surface area contributed by atoms with Crippen molar-refractivity contribution >= 4 is 5.97 Å². The molecule has 0 unspecified atom stereocenters. The molecule has 0 saturated carbocycles. The number of hydrogen-bond donors (Lipinski definition) is 2. The first-order valence-corrected chi connectivity index (χ1v) is 8.84. The Hall–Kier alpha value is -1.91. The van der Waals surface area contributed by atoms with Gasteiger partial charge >= 0.3 is 11.9 Å². The van der Waals surface area contributed by atoms with Gasteiger partial charge in [-0.25, -0.2) is 4.79 Å². The zero-order valence-electron chi connectivity index (χ0n) is 15.0. The van der Waals surface area contributed by atoms with E-state index in [9.17, 15) is 18.7 Å². The monoisotopic (exact) mass is 356 g/mol. The van der Waals surface area contributed by atoms with Crippen LogP contribution in [0.15, 0.2) is 48.3 Å². The van der Waals surface area contributed by atoms with Gasteiger partial charge in [-0.05, 0) is 38.2 Å². The van der Waals surface area contributed by atoms with E-state index >= 15 is 0 Å². The second-order valence-electron chi connectivity index (χ2n) is 5.82. The van der Waals surface area contributed by atoms with Gasteiger partial charge in [0, 0.05) is 12.8 Å². The Labute approximate surface area is 149 Å². The van der Waals surface area contributed by atoms with Gasteiger partial charge in [0.15, 0.2) is 0 Å². The van der Waals surface area contributed by atoms with Gasteiger partial charge in [0.05, 0.1) is 5.76 Å². The standard InChI is InChI=1S/C20H30F2O3/c1-2-3-12-15-18(23)16-13-10-8-6-4-5-7-9-11-14-17-20(21,22)19(24)25/h4-5,8-11,16,23H,2-3,6-7,12-15,17H2,1H3,(H,24,25). The molecule has 0 aromatic heterocycles. The largest absolute Gasteiger partial charge is 0.513 e. The minimum atomic E-state index is -3.65. The summed E-state index contributed by atoms with van der Waals surface area (Å²) < 4.78 is 25.6. The summed E-state index contributed by atoms with van der Waals surface area (Å²) in [6, 6.07) is 0. The summed E-state index contributed by atoms with van der Waals surface area (Å²) in [4.78, 5) is 10.2. The van der Waals surface area contributed by atoms with Gasteiger partial charge in [0.1, 0.15) is 0 Å². The molecule has 0 radical (unpaired) electrons. The molecule has 0 atom stereocenters. The Kier molecular flexibility index (Phi) is 13.3. The van der Waals surface area contributed by atoms with Gasteiger partial charge in [0.25, 0.3) is 0 Å². The molecule has 0 fully saturated rings. The van der Waals surface area contributed by atoms with Crippen LogP contribution in [0.4, 0.5) is 8.78 Å². The van der Waals surface area contributed by atoms with Crippen molar-refractivity contribution < 1.29 is 23.8 Å². The summed E-state index contributed by atoms with van der Waals surface area (Å²) in [5.41, 5.74) is 0. The first kappa shape index (κ1) is 23.1. The minimum Gasteiger partial charge on any atom is -0.513 e. The lowest BCUT2D eigenvalue weighted by molar-refractivity contribution is -0.165. The fraction of sp³-hybridized carbons (Fsp3) is 0.550. The molecule has 0 aliphatic carbocycles. The van der Waals surface area contributed by atoms with Crippen molar-refractivity contribution in [2.75, 3.05) is 0 Å². The number of aliphatic hydroxyl groups excluding tert-OH is 1. The fourth-order valence-corrected chi connectivity index (χ4v) is 1.99. The highest BCUT2D eigenvalue weighted by atomic mass is 19.3. The predicted octanol–water partition coefficient (Wildman–Crippen LogP) is 6.35. The van der Waals surface area contributed by atoms with Gasteiger partial charge in [-0.3, -0.25) is 0 Å². The molecule has 2 N–H and O–H groups in total. The third kappa shape index (κ3) is 14.2. The van der Waals surface area contributed by atoms with Crippen LogP contribution in [0.25, 0.3) is 0 Å². The molecule has 5 heteroatoms. The van der Waals surface area contributed by atoms with Crippen LogP contribution in [-0.2, 0) is 4.79 Å². The van der Waals surface area contributed by atoms with E-state index in [1.54, 1.807) is 12.2 Å². The summed E-state index contributed by atoms with van der Waals surface area (Å²) in [7, 11) is 0. The van der Waals surface area contributed by atoms with Crippen molar-refractivity contribution in [2.24, 2.45) is 0 Å². The molecule has 0 amide bonds. The van der Waals surface area contributed by atoms with E-state index < -0.39 is 18.3 Å². The molecular formula is C20H30F2O3. The Balaban J connectivity index is 3.73. The number of aliphatic hydroxyl groups is 1. The Morgan fingerprint density at radius 1 is 0.920 bits per heavy atom. The molecule has 0 bridgehead atoms. The van der Waals surface area contributed by atoms with E-state index in [1.807, 2.05) is 30.4 Å². The Morgan fingerprint density at radius 2 is 1.48 bits per heavy atom. The number of rotatable bonds is 14. The summed E-state index contributed by atoms with van der Waals surface area (Å²) in [5.74, 6) is -5.27. The Bertz CT molecular complexity index is 477. The zero-order chi connectivity index (χ0) is 19.0. The third-order valence-electron chi connectivity index (χ3n) is 3.51. The van der Waals surface area contributed by atoms with E-state index in [4.69, 9.17) is 5.11 Å². The van der Waals surface area contributed by atoms with Crippen LogP contribution in [-0.4, -0.2) is 22.1 Å². The molecular weight excluding hydrogens is 326 g/mol. The molecule has 0 spiro atoms. The number of carboxylic acids is 1. The second kappa shape index (κ2) is 14.4. The van der Waals surface area contributed by atoms with Gasteiger partial charge in [-0.1, -0.05) is 56.2 Å². The fourth-order valence-electron chi connectivity index (χ4n) is 1.99. The van der Waals surface area contributed by atoms with Gasteiger partial charge < -0.3 is 10.2 Å². The van der Waals surface area contributed by atoms with E-state index in [0.717, 1.165) is 32.1 Å². The summed E-state index contributed by atoms with van der Waals surface area (Å²) in [5, 5.41) is 17.9. The minimum absolute atomic E-state index is 0.0428. The smallest absolute Gasteiger partial charge is 0.374 e. The molecule has 0 aliphatic rings. The van der Waals surface area contributed by atoms with E-state index in [-0.39, 0.29) is 6.42 Å². The maximum Gasteiger partial charge on any atom is 0.374 e. The molecule has 0 aromatic rings. The average Bonchev–Trinajstić information content (AvgIpc) is 2.55. The van der Waals surface area contributed by atoms with Crippen LogP contribution in [0.2, 0.25) is 0 Å². The van der Waals surface area contributed by atoms with Crippen LogP contribution < -0.4 is 0 Å². The predicted molar refractivity (Wildman–Crippen MR) is 97.9 cm³/mol. The number of alkyl halides is 2. The van der Waals surface area contributed by atoms with Crippen molar-refractivity contribution in [1.82, 2.24) is 0 Å². The van der Waals surface area contributed by atoms with Crippen LogP contribution in [0, 0.1) is 0 Å². The summed E-state index contributed by atoms with van der Waals surface area (Å²) in [6.45, 7) is 2.13. The van der Waals surface area contributed by atoms with Crippen molar-refractivity contribution in [2.45, 2.75) is 70.6 Å². The zero-order valence-corrected chi connectivity index (χ0v) is 15.0. The van der Waals surface area contributed by atoms with Crippen LogP contribution in [0.3, 0.4) is 0 Å². The normalized spacial score (nSPS) is 13.5. The number of carboxylic acid groups (broad SMARTS) is 1. The molecule has 0 heterocycles. The topological polar surface area (TPSA) is 57.5 Å². The van der Waals surface area contributed by atoms with Crippen LogP contribution in [0.5, 0.6) is 0 Å². The molecule has 0 aliphatic heterocycles. The molecule has 3 nitrogen and oxygen atoms in total. The lowest BCUT2D eigenvalue weighted by atomic mass is 10.1. The maximum atomic E-state index is 12.8. The summed E-state index contributed by atoms with van der Waals surface area (Å²) >= 11 is 0. The number of unbranched alkanes of at least 4 members (excludes halogenated alkanes) is 2. The van der Waals surface area contributed by atoms with Crippen molar-refractivity contribution in [1.29, 1.82) is 0 Å². The van der Waals surface area contributed by atoms with Crippen molar-refractivity contribution in [3.63, 3.8) is 0 Å². The van der Waals surface area contributed by atoms with Crippen molar-refractivity contribution in [3.05, 3.63) is 48.3 Å². The number of aliphatic carboxylic acids is 1. The maximum absolute atomic E-state index is 12.8. The van der Waals surface area contributed by atoms with Gasteiger partial charge in [0.2, 0.25) is 0 Å². The molecule has 0 aromatic carbocycles. The quantitative estimate of drug-likeness (QED) is 0.217. The highest BCUT2D eigenvalue weighted by Gasteiger charge is 2.37. The number of hydrogen-bond acceptors (Lipinski definition) is 2. The highest BCUT2D eigenvalue weighted by molar-refractivity contribution is 5.75. The highest BCUT2D eigenvalue weighted by Crippen LogP contribution is 2.20. The van der Waals surface area contributed by atoms with E-state index in [0.29, 0.717) is 18.6 Å². The SMILES string of the molecule is CCCCCC(O)=CCC=CCC=CCC=CCCC(F)(F)C(=O)O. The van der Waals surface area contributed by atoms with Crippen LogP contribution >= 0.6 is 0 Å². The number of halogens is 2. The first-order valence-electron chi connectivity index (χ1n) is 8.84. The van der Waals surface area contributed by atoms with E-state index in [1.165, 1.54) is 0 Å². The van der Waals surface area contributed by atoms with Crippen LogP contribution in [0.1, 0.15) is 64.7 Å². The van der Waals surface area contributed by atoms with Gasteiger partial charge in [-0.15, -0.1) is 0 Å². The lowest BCUT2D eigenvalue weighted by Crippen LogP contribution is -2.27. The average molecular weight is 356 g/mol. The summed E-state index contributed by atoms with van der Waals surface area (Å²) in [6.07, 6.45) is 18.6. The first-order chi connectivity index (χ1) is 11.9. The van der Waals surface area contributed by atoms with Crippen molar-refractivity contribution in [3.8, 4) is 0 Å². The van der Waals surface area contributed by atoms with Gasteiger partial charge in [-0.2, -0.15) is 8.78 Å². The molecule has 0 rings (SSSR count). The second-order valence-corrected chi connectivity index (χ2v) is 5.82. The molecule has 142 valence electrons. The molecule has 25 heavy (non-hydrogen) atoms. The Morgan fingerprint density at radius 3 is 2.04 bits per heavy atom. The third-order valence-corrected chi connectivity index (χ3v) is 3.51. The number of allylic oxidation sites excluding steroid dienone is 8.